The quantitative estimate of drug-likeness (QED) is 0.582. The molecular formula is C22H17ClN2O2S. The van der Waals surface area contributed by atoms with Crippen LogP contribution in [-0.4, -0.2) is 12.7 Å². The third kappa shape index (κ3) is 2.82. The summed E-state index contributed by atoms with van der Waals surface area (Å²) in [5, 5.41) is 10.7. The summed E-state index contributed by atoms with van der Waals surface area (Å²) in [6.07, 6.45) is 0. The maximum Gasteiger partial charge on any atom is 0.245 e. The highest BCUT2D eigenvalue weighted by atomic mass is 35.5. The molecule has 1 heterocycles. The smallest absolute Gasteiger partial charge is 0.207 e. The molecule has 1 unspecified atom stereocenters. The lowest BCUT2D eigenvalue weighted by molar-refractivity contribution is 0.536. The Morgan fingerprint density at radius 3 is 2.14 bits per heavy atom. The predicted octanol–water partition coefficient (Wildman–Crippen LogP) is 4.81. The molecule has 6 heteroatoms. The zero-order chi connectivity index (χ0) is 19.9. The van der Waals surface area contributed by atoms with Crippen LogP contribution in [0, 0.1) is 18.3 Å². The number of rotatable bonds is 4. The molecule has 1 fully saturated rings. The zero-order valence-corrected chi connectivity index (χ0v) is 16.7. The highest BCUT2D eigenvalue weighted by molar-refractivity contribution is 7.89. The Kier molecular flexibility index (Phi) is 4.51. The third-order valence-electron chi connectivity index (χ3n) is 5.06. The van der Waals surface area contributed by atoms with Gasteiger partial charge in [0.15, 0.2) is 5.54 Å². The van der Waals surface area contributed by atoms with E-state index in [0.29, 0.717) is 10.6 Å². The lowest BCUT2D eigenvalue weighted by Gasteiger charge is -2.11. The molecule has 0 radical (unpaired) electrons. The molecule has 3 aromatic carbocycles. The standard InChI is InChI=1S/C22H17ClN2O2S/c1-16-7-13-20(14-8-16)28(26,27)25-21(17-5-3-2-4-6-17)22(25,15-24)18-9-11-19(23)12-10-18/h2-14,21H,1H3/t21-,22-,25?/m1/s1. The lowest BCUT2D eigenvalue weighted by Crippen LogP contribution is -2.21. The van der Waals surface area contributed by atoms with Crippen molar-refractivity contribution in [1.82, 2.24) is 4.31 Å². The van der Waals surface area contributed by atoms with Gasteiger partial charge in [0, 0.05) is 5.02 Å². The average Bonchev–Trinajstić information content (AvgIpc) is 3.41. The molecule has 1 saturated heterocycles. The van der Waals surface area contributed by atoms with Crippen LogP contribution in [-0.2, 0) is 15.6 Å². The summed E-state index contributed by atoms with van der Waals surface area (Å²) < 4.78 is 28.2. The van der Waals surface area contributed by atoms with Crippen LogP contribution in [0.4, 0.5) is 0 Å². The van der Waals surface area contributed by atoms with Crippen molar-refractivity contribution in [2.24, 2.45) is 0 Å². The molecule has 140 valence electrons. The lowest BCUT2D eigenvalue weighted by atomic mass is 9.93. The summed E-state index contributed by atoms with van der Waals surface area (Å²) >= 11 is 6.00. The van der Waals surface area contributed by atoms with Crippen LogP contribution in [0.3, 0.4) is 0 Å². The molecule has 4 rings (SSSR count). The summed E-state index contributed by atoms with van der Waals surface area (Å²) in [5.74, 6) is 0. The van der Waals surface area contributed by atoms with Crippen LogP contribution >= 0.6 is 11.6 Å². The second-order valence-electron chi connectivity index (χ2n) is 6.81. The first-order valence-corrected chi connectivity index (χ1v) is 10.6. The van der Waals surface area contributed by atoms with Gasteiger partial charge in [-0.25, -0.2) is 8.42 Å². The van der Waals surface area contributed by atoms with E-state index in [1.165, 1.54) is 4.31 Å². The van der Waals surface area contributed by atoms with E-state index in [9.17, 15) is 13.7 Å². The van der Waals surface area contributed by atoms with Gasteiger partial charge in [-0.2, -0.15) is 9.57 Å². The van der Waals surface area contributed by atoms with Crippen LogP contribution in [0.2, 0.25) is 5.02 Å². The van der Waals surface area contributed by atoms with E-state index in [1.54, 1.807) is 48.5 Å². The summed E-state index contributed by atoms with van der Waals surface area (Å²) in [6.45, 7) is 1.90. The normalized spacial score (nSPS) is 23.8. The second-order valence-corrected chi connectivity index (χ2v) is 9.06. The molecule has 0 saturated carbocycles. The Hall–Kier alpha value is -2.65. The molecule has 3 aromatic rings. The number of nitrogens with zero attached hydrogens (tertiary/aromatic N) is 2. The molecule has 0 N–H and O–H groups in total. The van der Waals surface area contributed by atoms with Gasteiger partial charge < -0.3 is 0 Å². The number of sulfonamides is 1. The molecule has 0 spiro atoms. The number of halogens is 1. The van der Waals surface area contributed by atoms with Crippen molar-refractivity contribution in [2.75, 3.05) is 0 Å². The van der Waals surface area contributed by atoms with E-state index in [2.05, 4.69) is 6.07 Å². The van der Waals surface area contributed by atoms with E-state index in [0.717, 1.165) is 11.1 Å². The van der Waals surface area contributed by atoms with Gasteiger partial charge in [0.05, 0.1) is 17.0 Å². The number of aryl methyl sites for hydroxylation is 1. The third-order valence-corrected chi connectivity index (χ3v) is 7.19. The second kappa shape index (κ2) is 6.75. The molecule has 28 heavy (non-hydrogen) atoms. The maximum absolute atomic E-state index is 13.5. The Labute approximate surface area is 169 Å². The SMILES string of the molecule is Cc1ccc(S(=O)(=O)N2[C@H](c3ccccc3)[C@@]2(C#N)c2ccc(Cl)cc2)cc1. The Balaban J connectivity index is 1.89. The van der Waals surface area contributed by atoms with E-state index >= 15 is 0 Å². The fourth-order valence-electron chi connectivity index (χ4n) is 3.60. The van der Waals surface area contributed by atoms with Gasteiger partial charge in [-0.3, -0.25) is 0 Å². The minimum Gasteiger partial charge on any atom is -0.207 e. The van der Waals surface area contributed by atoms with Gasteiger partial charge in [0.1, 0.15) is 0 Å². The van der Waals surface area contributed by atoms with Crippen LogP contribution in [0.25, 0.3) is 0 Å². The molecule has 1 aliphatic rings. The van der Waals surface area contributed by atoms with E-state index in [4.69, 9.17) is 11.6 Å². The number of hydrogen-bond acceptors (Lipinski definition) is 3. The van der Waals surface area contributed by atoms with Gasteiger partial charge in [0.2, 0.25) is 10.0 Å². The Bertz CT molecular complexity index is 1150. The van der Waals surface area contributed by atoms with Gasteiger partial charge in [0.25, 0.3) is 0 Å². The number of nitriles is 1. The minimum absolute atomic E-state index is 0.171. The molecule has 0 aliphatic carbocycles. The van der Waals surface area contributed by atoms with Crippen molar-refractivity contribution in [3.8, 4) is 6.07 Å². The van der Waals surface area contributed by atoms with Crippen molar-refractivity contribution >= 4 is 21.6 Å². The fourth-order valence-corrected chi connectivity index (χ4v) is 5.56. The van der Waals surface area contributed by atoms with Gasteiger partial charge in [-0.15, -0.1) is 0 Å². The van der Waals surface area contributed by atoms with E-state index in [-0.39, 0.29) is 4.90 Å². The Morgan fingerprint density at radius 2 is 1.57 bits per heavy atom. The van der Waals surface area contributed by atoms with E-state index < -0.39 is 21.6 Å². The molecule has 0 aromatic heterocycles. The minimum atomic E-state index is -3.88. The van der Waals surface area contributed by atoms with Crippen molar-refractivity contribution in [1.29, 1.82) is 5.26 Å². The highest BCUT2D eigenvalue weighted by Gasteiger charge is 2.71. The van der Waals surface area contributed by atoms with Crippen LogP contribution < -0.4 is 0 Å². The fraction of sp³-hybridized carbons (Fsp3) is 0.136. The number of benzene rings is 3. The molecule has 0 amide bonds. The molecule has 4 nitrogen and oxygen atoms in total. The first-order valence-electron chi connectivity index (χ1n) is 8.75. The molecular weight excluding hydrogens is 392 g/mol. The van der Waals surface area contributed by atoms with Crippen LogP contribution in [0.15, 0.2) is 83.8 Å². The van der Waals surface area contributed by atoms with E-state index in [1.807, 2.05) is 37.3 Å². The number of hydrogen-bond donors (Lipinski definition) is 0. The summed E-state index contributed by atoms with van der Waals surface area (Å²) in [5.41, 5.74) is 1.03. The van der Waals surface area contributed by atoms with Crippen molar-refractivity contribution < 1.29 is 8.42 Å². The molecule has 1 aliphatic heterocycles. The first-order chi connectivity index (χ1) is 13.4. The largest absolute Gasteiger partial charge is 0.245 e. The Morgan fingerprint density at radius 1 is 0.964 bits per heavy atom. The zero-order valence-electron chi connectivity index (χ0n) is 15.1. The topological polar surface area (TPSA) is 60.9 Å². The maximum atomic E-state index is 13.5. The van der Waals surface area contributed by atoms with Crippen molar-refractivity contribution in [3.63, 3.8) is 0 Å². The highest BCUT2D eigenvalue weighted by Crippen LogP contribution is 2.62. The monoisotopic (exact) mass is 408 g/mol. The predicted molar refractivity (Wildman–Crippen MR) is 108 cm³/mol. The molecule has 0 bridgehead atoms. The van der Waals surface area contributed by atoms with Crippen LogP contribution in [0.5, 0.6) is 0 Å². The first kappa shape index (κ1) is 18.7. The van der Waals surface area contributed by atoms with Crippen LogP contribution in [0.1, 0.15) is 22.7 Å². The average molecular weight is 409 g/mol. The van der Waals surface area contributed by atoms with Gasteiger partial charge in [-0.1, -0.05) is 71.8 Å². The summed E-state index contributed by atoms with van der Waals surface area (Å²) in [7, 11) is -3.88. The summed E-state index contributed by atoms with van der Waals surface area (Å²) in [4.78, 5) is 0.171. The van der Waals surface area contributed by atoms with Crippen molar-refractivity contribution in [3.05, 3.63) is 101 Å². The van der Waals surface area contributed by atoms with Gasteiger partial charge in [-0.05, 0) is 42.3 Å². The van der Waals surface area contributed by atoms with Crippen molar-refractivity contribution in [2.45, 2.75) is 23.4 Å². The molecule has 3 atom stereocenters. The van der Waals surface area contributed by atoms with Gasteiger partial charge >= 0.3 is 0 Å². The summed E-state index contributed by atoms with van der Waals surface area (Å²) in [6, 6.07) is 24.3.